The Kier molecular flexibility index (Phi) is 14.5. The van der Waals surface area contributed by atoms with Crippen LogP contribution in [-0.4, -0.2) is 28.8 Å². The van der Waals surface area contributed by atoms with Gasteiger partial charge in [0, 0.05) is 12.8 Å². The van der Waals surface area contributed by atoms with Gasteiger partial charge in [-0.05, 0) is 68.2 Å². The lowest BCUT2D eigenvalue weighted by atomic mass is 9.96. The molecule has 170 valence electrons. The minimum Gasteiger partial charge on any atom is -0.494 e. The highest BCUT2D eigenvalue weighted by Gasteiger charge is 2.07. The van der Waals surface area contributed by atoms with Crippen LogP contribution in [0.2, 0.25) is 0 Å². The summed E-state index contributed by atoms with van der Waals surface area (Å²) in [6.45, 7) is 2.96. The summed E-state index contributed by atoms with van der Waals surface area (Å²) in [4.78, 5) is 21.4. The van der Waals surface area contributed by atoms with Crippen LogP contribution in [-0.2, 0) is 22.4 Å². The Morgan fingerprint density at radius 2 is 1.30 bits per heavy atom. The monoisotopic (exact) mass is 420 g/mol. The van der Waals surface area contributed by atoms with E-state index in [1.807, 2.05) is 6.07 Å². The topological polar surface area (TPSA) is 83.8 Å². The second kappa shape index (κ2) is 16.7. The number of carboxylic acid groups (broad SMARTS) is 2. The smallest absolute Gasteiger partial charge is 0.303 e. The number of unbranched alkanes of at least 4 members (excludes halogenated alkanes) is 8. The average Bonchev–Trinajstić information content (AvgIpc) is 2.71. The molecule has 0 aliphatic carbocycles. The van der Waals surface area contributed by atoms with Crippen LogP contribution in [0.15, 0.2) is 18.2 Å². The number of benzene rings is 1. The molecular formula is C25H40O5. The molecule has 30 heavy (non-hydrogen) atoms. The van der Waals surface area contributed by atoms with E-state index in [9.17, 15) is 9.59 Å². The van der Waals surface area contributed by atoms with Gasteiger partial charge in [-0.1, -0.05) is 51.5 Å². The molecule has 0 spiro atoms. The predicted molar refractivity (Wildman–Crippen MR) is 120 cm³/mol. The second-order valence-electron chi connectivity index (χ2n) is 8.10. The molecule has 2 N–H and O–H groups in total. The van der Waals surface area contributed by atoms with Gasteiger partial charge in [0.05, 0.1) is 6.61 Å². The largest absolute Gasteiger partial charge is 0.494 e. The number of ether oxygens (including phenoxy) is 1. The van der Waals surface area contributed by atoms with Crippen molar-refractivity contribution in [2.45, 2.75) is 103 Å². The molecule has 0 fully saturated rings. The van der Waals surface area contributed by atoms with E-state index in [4.69, 9.17) is 14.9 Å². The number of rotatable bonds is 19. The Morgan fingerprint density at radius 3 is 1.90 bits per heavy atom. The molecule has 1 aromatic carbocycles. The molecule has 1 rings (SSSR count). The van der Waals surface area contributed by atoms with E-state index in [-0.39, 0.29) is 12.8 Å². The minimum absolute atomic E-state index is 0.197. The van der Waals surface area contributed by atoms with Crippen molar-refractivity contribution in [2.75, 3.05) is 6.61 Å². The summed E-state index contributed by atoms with van der Waals surface area (Å²) in [5.74, 6) is -0.628. The molecule has 0 aliphatic heterocycles. The lowest BCUT2D eigenvalue weighted by Crippen LogP contribution is -2.02. The average molecular weight is 421 g/mol. The second-order valence-corrected chi connectivity index (χ2v) is 8.10. The Morgan fingerprint density at radius 1 is 0.733 bits per heavy atom. The lowest BCUT2D eigenvalue weighted by molar-refractivity contribution is -0.138. The first-order valence-electron chi connectivity index (χ1n) is 11.7. The van der Waals surface area contributed by atoms with Crippen molar-refractivity contribution in [1.82, 2.24) is 0 Å². The van der Waals surface area contributed by atoms with Crippen LogP contribution in [0.5, 0.6) is 5.75 Å². The normalized spacial score (nSPS) is 10.8. The van der Waals surface area contributed by atoms with E-state index >= 15 is 0 Å². The molecule has 0 aromatic heterocycles. The van der Waals surface area contributed by atoms with E-state index in [2.05, 4.69) is 19.1 Å². The highest BCUT2D eigenvalue weighted by atomic mass is 16.5. The summed E-state index contributed by atoms with van der Waals surface area (Å²) in [6, 6.07) is 6.19. The van der Waals surface area contributed by atoms with Crippen LogP contribution in [0.3, 0.4) is 0 Å². The summed E-state index contributed by atoms with van der Waals surface area (Å²) in [6.07, 6.45) is 13.9. The maximum Gasteiger partial charge on any atom is 0.303 e. The van der Waals surface area contributed by atoms with Crippen molar-refractivity contribution < 1.29 is 24.5 Å². The fourth-order valence-corrected chi connectivity index (χ4v) is 3.60. The maximum absolute atomic E-state index is 10.7. The molecule has 0 saturated heterocycles. The number of aryl methyl sites for hydroxylation is 2. The van der Waals surface area contributed by atoms with Gasteiger partial charge in [-0.15, -0.1) is 0 Å². The fraction of sp³-hybridized carbons (Fsp3) is 0.680. The quantitative estimate of drug-likeness (QED) is 0.253. The molecule has 0 radical (unpaired) electrons. The van der Waals surface area contributed by atoms with Crippen LogP contribution < -0.4 is 4.74 Å². The number of carboxylic acids is 2. The number of carbonyl (C=O) groups is 2. The molecule has 5 heteroatoms. The number of hydrogen-bond donors (Lipinski definition) is 2. The zero-order valence-corrected chi connectivity index (χ0v) is 18.7. The molecule has 1 aromatic rings. The summed E-state index contributed by atoms with van der Waals surface area (Å²) < 4.78 is 5.96. The molecule has 0 atom stereocenters. The number of hydrogen-bond acceptors (Lipinski definition) is 3. The van der Waals surface area contributed by atoms with Gasteiger partial charge in [-0.2, -0.15) is 0 Å². The third kappa shape index (κ3) is 13.2. The summed E-state index contributed by atoms with van der Waals surface area (Å²) in [5.41, 5.74) is 2.42. The van der Waals surface area contributed by atoms with Gasteiger partial charge in [0.25, 0.3) is 0 Å². The first-order chi connectivity index (χ1) is 14.5. The molecule has 5 nitrogen and oxygen atoms in total. The summed E-state index contributed by atoms with van der Waals surface area (Å²) in [7, 11) is 0. The predicted octanol–water partition coefficient (Wildman–Crippen LogP) is 6.41. The standard InChI is InChI=1S/C25H40O5/c1-2-3-4-5-6-7-12-19-30-23-18-17-21(13-8-10-15-24(26)27)22(20-23)14-9-11-16-25(28)29/h17-18,20H,2-16,19H2,1H3,(H,26,27)(H,28,29). The first-order valence-corrected chi connectivity index (χ1v) is 11.7. The van der Waals surface area contributed by atoms with Gasteiger partial charge in [-0.3, -0.25) is 9.59 Å². The van der Waals surface area contributed by atoms with Crippen molar-refractivity contribution in [3.63, 3.8) is 0 Å². The third-order valence-electron chi connectivity index (χ3n) is 5.37. The summed E-state index contributed by atoms with van der Waals surface area (Å²) >= 11 is 0. The van der Waals surface area contributed by atoms with Crippen LogP contribution >= 0.6 is 0 Å². The number of aliphatic carboxylic acids is 2. The van der Waals surface area contributed by atoms with E-state index in [0.717, 1.165) is 44.5 Å². The SMILES string of the molecule is CCCCCCCCCOc1ccc(CCCCC(=O)O)c(CCCCC(=O)O)c1. The van der Waals surface area contributed by atoms with Crippen molar-refractivity contribution in [3.8, 4) is 5.75 Å². The highest BCUT2D eigenvalue weighted by Crippen LogP contribution is 2.23. The van der Waals surface area contributed by atoms with Gasteiger partial charge in [0.1, 0.15) is 5.75 Å². The molecule has 0 amide bonds. The Hall–Kier alpha value is -2.04. The van der Waals surface area contributed by atoms with Crippen LogP contribution in [0.25, 0.3) is 0 Å². The van der Waals surface area contributed by atoms with Crippen LogP contribution in [0.4, 0.5) is 0 Å². The van der Waals surface area contributed by atoms with E-state index < -0.39 is 11.9 Å². The van der Waals surface area contributed by atoms with Gasteiger partial charge < -0.3 is 14.9 Å². The van der Waals surface area contributed by atoms with Crippen molar-refractivity contribution in [1.29, 1.82) is 0 Å². The van der Waals surface area contributed by atoms with Gasteiger partial charge in [0.15, 0.2) is 0 Å². The van der Waals surface area contributed by atoms with E-state index in [1.165, 1.54) is 49.7 Å². The summed E-state index contributed by atoms with van der Waals surface area (Å²) in [5, 5.41) is 17.6. The molecule has 0 aliphatic rings. The van der Waals surface area contributed by atoms with Gasteiger partial charge >= 0.3 is 11.9 Å². The maximum atomic E-state index is 10.7. The zero-order chi connectivity index (χ0) is 22.0. The first kappa shape index (κ1) is 26.0. The Labute approximate surface area is 181 Å². The lowest BCUT2D eigenvalue weighted by Gasteiger charge is -2.13. The molecule has 0 unspecified atom stereocenters. The Bertz CT molecular complexity index is 612. The van der Waals surface area contributed by atoms with Crippen LogP contribution in [0.1, 0.15) is 102 Å². The van der Waals surface area contributed by atoms with E-state index in [1.54, 1.807) is 0 Å². The molecule has 0 bridgehead atoms. The van der Waals surface area contributed by atoms with Gasteiger partial charge in [-0.25, -0.2) is 0 Å². The van der Waals surface area contributed by atoms with Crippen LogP contribution in [0, 0.1) is 0 Å². The van der Waals surface area contributed by atoms with Crippen molar-refractivity contribution in [3.05, 3.63) is 29.3 Å². The zero-order valence-electron chi connectivity index (χ0n) is 18.7. The highest BCUT2D eigenvalue weighted by molar-refractivity contribution is 5.66. The Balaban J connectivity index is 2.49. The molecular weight excluding hydrogens is 380 g/mol. The van der Waals surface area contributed by atoms with Gasteiger partial charge in [0.2, 0.25) is 0 Å². The van der Waals surface area contributed by atoms with E-state index in [0.29, 0.717) is 12.8 Å². The van der Waals surface area contributed by atoms with Crippen molar-refractivity contribution in [2.24, 2.45) is 0 Å². The fourth-order valence-electron chi connectivity index (χ4n) is 3.60. The molecule has 0 saturated carbocycles. The minimum atomic E-state index is -0.754. The molecule has 0 heterocycles. The van der Waals surface area contributed by atoms with Crippen molar-refractivity contribution >= 4 is 11.9 Å². The third-order valence-corrected chi connectivity index (χ3v) is 5.37.